The van der Waals surface area contributed by atoms with Crippen LogP contribution in [0.1, 0.15) is 22.4 Å². The molecule has 1 spiro atoms. The van der Waals surface area contributed by atoms with Gasteiger partial charge >= 0.3 is 6.18 Å². The number of halogens is 3. The molecule has 0 saturated heterocycles. The maximum absolute atomic E-state index is 13.9. The summed E-state index contributed by atoms with van der Waals surface area (Å²) in [7, 11) is 0. The van der Waals surface area contributed by atoms with Gasteiger partial charge in [0.15, 0.2) is 11.5 Å². The molecule has 0 radical (unpaired) electrons. The van der Waals surface area contributed by atoms with Gasteiger partial charge in [-0.2, -0.15) is 13.2 Å². The van der Waals surface area contributed by atoms with Crippen LogP contribution >= 0.6 is 0 Å². The first-order valence-electron chi connectivity index (χ1n) is 10.4. The van der Waals surface area contributed by atoms with E-state index < -0.39 is 17.2 Å². The topological polar surface area (TPSA) is 60.9 Å². The van der Waals surface area contributed by atoms with Crippen LogP contribution < -0.4 is 19.1 Å². The zero-order valence-corrected chi connectivity index (χ0v) is 17.2. The van der Waals surface area contributed by atoms with Crippen LogP contribution in [-0.2, 0) is 22.9 Å². The lowest BCUT2D eigenvalue weighted by Crippen LogP contribution is -2.42. The van der Waals surface area contributed by atoms with E-state index >= 15 is 0 Å². The highest BCUT2D eigenvalue weighted by molar-refractivity contribution is 6.11. The number of carbonyl (C=O) groups excluding carboxylic acids is 1. The van der Waals surface area contributed by atoms with Crippen LogP contribution in [0.2, 0.25) is 0 Å². The minimum atomic E-state index is -4.58. The number of rotatable bonds is 2. The molecule has 0 saturated carbocycles. The minimum absolute atomic E-state index is 0.0337. The minimum Gasteiger partial charge on any atom is -0.491 e. The Morgan fingerprint density at radius 3 is 2.48 bits per heavy atom. The van der Waals surface area contributed by atoms with E-state index in [1.165, 1.54) is 17.2 Å². The van der Waals surface area contributed by atoms with Crippen molar-refractivity contribution >= 4 is 11.6 Å². The fraction of sp³-hybridized carbons (Fsp3) is 0.250. The molecule has 1 unspecified atom stereocenters. The van der Waals surface area contributed by atoms with Crippen molar-refractivity contribution in [2.75, 3.05) is 24.7 Å². The van der Waals surface area contributed by atoms with Crippen molar-refractivity contribution in [3.63, 3.8) is 0 Å². The molecule has 0 fully saturated rings. The van der Waals surface area contributed by atoms with Gasteiger partial charge in [-0.15, -0.1) is 0 Å². The van der Waals surface area contributed by atoms with Crippen LogP contribution in [0.15, 0.2) is 54.7 Å². The summed E-state index contributed by atoms with van der Waals surface area (Å²) in [5, 5.41) is 0. The fourth-order valence-corrected chi connectivity index (χ4v) is 4.84. The number of fused-ring (bicyclic) bond motifs is 5. The maximum atomic E-state index is 13.9. The summed E-state index contributed by atoms with van der Waals surface area (Å²) in [5.74, 6) is 1.18. The third-order valence-electron chi connectivity index (χ3n) is 6.32. The van der Waals surface area contributed by atoms with Gasteiger partial charge in [-0.05, 0) is 29.8 Å². The Labute approximate surface area is 186 Å². The van der Waals surface area contributed by atoms with Crippen LogP contribution in [0.3, 0.4) is 0 Å². The summed E-state index contributed by atoms with van der Waals surface area (Å²) in [6.07, 6.45) is -3.28. The van der Waals surface area contributed by atoms with Crippen molar-refractivity contribution in [1.82, 2.24) is 4.98 Å². The van der Waals surface area contributed by atoms with Crippen LogP contribution in [-0.4, -0.2) is 30.7 Å². The summed E-state index contributed by atoms with van der Waals surface area (Å²) >= 11 is 0. The second-order valence-corrected chi connectivity index (χ2v) is 8.09. The van der Waals surface area contributed by atoms with E-state index in [9.17, 15) is 18.0 Å². The molecule has 6 rings (SSSR count). The maximum Gasteiger partial charge on any atom is 0.418 e. The number of alkyl halides is 3. The Hall–Kier alpha value is -3.75. The molecule has 1 aromatic heterocycles. The summed E-state index contributed by atoms with van der Waals surface area (Å²) in [4.78, 5) is 19.3. The van der Waals surface area contributed by atoms with E-state index in [4.69, 9.17) is 14.2 Å². The van der Waals surface area contributed by atoms with E-state index in [-0.39, 0.29) is 24.8 Å². The molecule has 2 aromatic carbocycles. The van der Waals surface area contributed by atoms with Gasteiger partial charge in [0.1, 0.15) is 31.0 Å². The first kappa shape index (κ1) is 19.9. The Morgan fingerprint density at radius 2 is 1.70 bits per heavy atom. The van der Waals surface area contributed by atoms with E-state index in [0.717, 1.165) is 6.07 Å². The van der Waals surface area contributed by atoms with Crippen molar-refractivity contribution in [3.8, 4) is 17.2 Å². The molecule has 33 heavy (non-hydrogen) atoms. The molecule has 168 valence electrons. The number of aromatic nitrogens is 1. The van der Waals surface area contributed by atoms with Gasteiger partial charge in [0.2, 0.25) is 5.91 Å². The van der Waals surface area contributed by atoms with Crippen LogP contribution in [0.4, 0.5) is 18.9 Å². The monoisotopic (exact) mass is 454 g/mol. The van der Waals surface area contributed by atoms with Crippen LogP contribution in [0.25, 0.3) is 0 Å². The standard InChI is InChI=1S/C24H17F3N2O4/c25-24(26,27)14-5-3-7-28-17(14)12-29-18-6-2-1-4-15(18)23(22(29)30)13-33-19-11-21-20(10-16(19)23)31-8-9-32-21/h1-7,10-11H,8-9,12-13H2. The summed E-state index contributed by atoms with van der Waals surface area (Å²) < 4.78 is 58.0. The van der Waals surface area contributed by atoms with Crippen molar-refractivity contribution in [1.29, 1.82) is 0 Å². The predicted molar refractivity (Wildman–Crippen MR) is 111 cm³/mol. The number of benzene rings is 2. The van der Waals surface area contributed by atoms with Gasteiger partial charge in [-0.3, -0.25) is 9.78 Å². The number of anilines is 1. The van der Waals surface area contributed by atoms with E-state index in [1.807, 2.05) is 6.07 Å². The van der Waals surface area contributed by atoms with Crippen LogP contribution in [0, 0.1) is 0 Å². The number of carbonyl (C=O) groups is 1. The van der Waals surface area contributed by atoms with Crippen LogP contribution in [0.5, 0.6) is 17.2 Å². The third kappa shape index (κ3) is 2.81. The van der Waals surface area contributed by atoms with Gasteiger partial charge in [0.05, 0.1) is 17.8 Å². The lowest BCUT2D eigenvalue weighted by atomic mass is 9.77. The number of amides is 1. The van der Waals surface area contributed by atoms with E-state index in [1.54, 1.807) is 30.3 Å². The smallest absolute Gasteiger partial charge is 0.418 e. The highest BCUT2D eigenvalue weighted by Crippen LogP contribution is 2.55. The van der Waals surface area contributed by atoms with Gasteiger partial charge in [0.25, 0.3) is 0 Å². The van der Waals surface area contributed by atoms with Gasteiger partial charge < -0.3 is 19.1 Å². The number of nitrogens with zero attached hydrogens (tertiary/aromatic N) is 2. The number of hydrogen-bond donors (Lipinski definition) is 0. The molecule has 1 atom stereocenters. The SMILES string of the molecule is O=C1N(Cc2ncccc2C(F)(F)F)c2ccccc2C12COc1cc3c(cc12)OCCO3. The average molecular weight is 454 g/mol. The van der Waals surface area contributed by atoms with Gasteiger partial charge in [-0.1, -0.05) is 18.2 Å². The Morgan fingerprint density at radius 1 is 0.939 bits per heavy atom. The number of hydrogen-bond acceptors (Lipinski definition) is 5. The highest BCUT2D eigenvalue weighted by Gasteiger charge is 2.57. The first-order valence-corrected chi connectivity index (χ1v) is 10.4. The Kier molecular flexibility index (Phi) is 4.14. The Bertz CT molecular complexity index is 1290. The lowest BCUT2D eigenvalue weighted by Gasteiger charge is -2.25. The third-order valence-corrected chi connectivity index (χ3v) is 6.32. The van der Waals surface area contributed by atoms with Gasteiger partial charge in [-0.25, -0.2) is 0 Å². The van der Waals surface area contributed by atoms with E-state index in [2.05, 4.69) is 4.98 Å². The zero-order valence-electron chi connectivity index (χ0n) is 17.2. The van der Waals surface area contributed by atoms with Gasteiger partial charge in [0, 0.05) is 23.5 Å². The van der Waals surface area contributed by atoms with Crippen molar-refractivity contribution in [2.24, 2.45) is 0 Å². The summed E-state index contributed by atoms with van der Waals surface area (Å²) in [5.41, 5.74) is -0.439. The zero-order chi connectivity index (χ0) is 22.8. The normalized spacial score (nSPS) is 20.6. The number of ether oxygens (including phenoxy) is 3. The predicted octanol–water partition coefficient (Wildman–Crippen LogP) is 4.10. The first-order chi connectivity index (χ1) is 15.9. The lowest BCUT2D eigenvalue weighted by molar-refractivity contribution is -0.138. The molecule has 6 nitrogen and oxygen atoms in total. The quantitative estimate of drug-likeness (QED) is 0.584. The van der Waals surface area contributed by atoms with Crippen molar-refractivity contribution in [3.05, 3.63) is 77.1 Å². The highest BCUT2D eigenvalue weighted by atomic mass is 19.4. The second-order valence-electron chi connectivity index (χ2n) is 8.09. The molecule has 0 N–H and O–H groups in total. The largest absolute Gasteiger partial charge is 0.491 e. The second kappa shape index (κ2) is 6.87. The molecular weight excluding hydrogens is 437 g/mol. The molecule has 0 aliphatic carbocycles. The molecule has 3 aliphatic rings. The average Bonchev–Trinajstić information content (AvgIpc) is 3.29. The summed E-state index contributed by atoms with van der Waals surface area (Å²) in [6.45, 7) is 0.521. The molecule has 9 heteroatoms. The van der Waals surface area contributed by atoms with Crippen molar-refractivity contribution < 1.29 is 32.2 Å². The molecular formula is C24H17F3N2O4. The number of pyridine rings is 1. The molecule has 3 aliphatic heterocycles. The molecule has 3 aromatic rings. The summed E-state index contributed by atoms with van der Waals surface area (Å²) in [6, 6.07) is 12.8. The van der Waals surface area contributed by atoms with E-state index in [0.29, 0.717) is 47.3 Å². The Balaban J connectivity index is 1.48. The van der Waals surface area contributed by atoms with Crippen molar-refractivity contribution in [2.45, 2.75) is 18.1 Å². The number of para-hydroxylation sites is 1. The molecule has 0 bridgehead atoms. The molecule has 1 amide bonds. The fourth-order valence-electron chi connectivity index (χ4n) is 4.84. The molecule has 4 heterocycles.